The first-order chi connectivity index (χ1) is 10.5. The SMILES string of the molecule is CNC(=O)c1ccc(NC(=O)Cc2ccc(F)c(Br)c2)cc1. The van der Waals surface area contributed by atoms with Gasteiger partial charge in [-0.15, -0.1) is 0 Å². The lowest BCUT2D eigenvalue weighted by Gasteiger charge is -2.07. The highest BCUT2D eigenvalue weighted by Crippen LogP contribution is 2.17. The van der Waals surface area contributed by atoms with Gasteiger partial charge in [-0.25, -0.2) is 4.39 Å². The molecule has 114 valence electrons. The molecule has 0 radical (unpaired) electrons. The summed E-state index contributed by atoms with van der Waals surface area (Å²) in [5.74, 6) is -0.769. The van der Waals surface area contributed by atoms with Gasteiger partial charge in [0.15, 0.2) is 0 Å². The highest BCUT2D eigenvalue weighted by Gasteiger charge is 2.08. The van der Waals surface area contributed by atoms with Gasteiger partial charge in [-0.05, 0) is 57.9 Å². The molecular formula is C16H14BrFN2O2. The van der Waals surface area contributed by atoms with E-state index >= 15 is 0 Å². The maximum Gasteiger partial charge on any atom is 0.251 e. The van der Waals surface area contributed by atoms with Crippen LogP contribution in [-0.4, -0.2) is 18.9 Å². The molecule has 2 aromatic carbocycles. The molecule has 0 aromatic heterocycles. The van der Waals surface area contributed by atoms with E-state index in [-0.39, 0.29) is 24.1 Å². The molecule has 0 aliphatic heterocycles. The summed E-state index contributed by atoms with van der Waals surface area (Å²) in [5, 5.41) is 5.25. The molecule has 0 aliphatic rings. The standard InChI is InChI=1S/C16H14BrFN2O2/c1-19-16(22)11-3-5-12(6-4-11)20-15(21)9-10-2-7-14(18)13(17)8-10/h2-8H,9H2,1H3,(H,19,22)(H,20,21). The Bertz CT molecular complexity index is 702. The van der Waals surface area contributed by atoms with Crippen LogP contribution in [0.15, 0.2) is 46.9 Å². The second kappa shape index (κ2) is 7.17. The van der Waals surface area contributed by atoms with Crippen molar-refractivity contribution in [2.75, 3.05) is 12.4 Å². The molecule has 0 fully saturated rings. The van der Waals surface area contributed by atoms with E-state index in [0.717, 1.165) is 0 Å². The Labute approximate surface area is 135 Å². The van der Waals surface area contributed by atoms with E-state index in [4.69, 9.17) is 0 Å². The van der Waals surface area contributed by atoms with Gasteiger partial charge in [0.25, 0.3) is 5.91 Å². The lowest BCUT2D eigenvalue weighted by Crippen LogP contribution is -2.18. The van der Waals surface area contributed by atoms with E-state index in [1.54, 1.807) is 43.4 Å². The van der Waals surface area contributed by atoms with Crippen LogP contribution in [-0.2, 0) is 11.2 Å². The summed E-state index contributed by atoms with van der Waals surface area (Å²) >= 11 is 3.09. The fourth-order valence-electron chi connectivity index (χ4n) is 1.89. The van der Waals surface area contributed by atoms with Gasteiger partial charge in [-0.3, -0.25) is 9.59 Å². The molecular weight excluding hydrogens is 351 g/mol. The molecule has 0 aliphatic carbocycles. The molecule has 2 amide bonds. The Balaban J connectivity index is 1.99. The van der Waals surface area contributed by atoms with E-state index < -0.39 is 0 Å². The zero-order valence-electron chi connectivity index (χ0n) is 11.8. The molecule has 2 N–H and O–H groups in total. The van der Waals surface area contributed by atoms with Gasteiger partial charge in [0.05, 0.1) is 10.9 Å². The summed E-state index contributed by atoms with van der Waals surface area (Å²) in [6.07, 6.45) is 0.135. The van der Waals surface area contributed by atoms with Crippen LogP contribution < -0.4 is 10.6 Å². The molecule has 0 unspecified atom stereocenters. The van der Waals surface area contributed by atoms with Crippen LogP contribution in [0.5, 0.6) is 0 Å². The first-order valence-corrected chi connectivity index (χ1v) is 7.35. The second-order valence-electron chi connectivity index (χ2n) is 4.63. The van der Waals surface area contributed by atoms with Crippen molar-refractivity contribution in [2.45, 2.75) is 6.42 Å². The number of benzene rings is 2. The summed E-state index contributed by atoms with van der Waals surface area (Å²) in [6, 6.07) is 11.0. The third-order valence-electron chi connectivity index (χ3n) is 3.01. The average molecular weight is 365 g/mol. The minimum absolute atomic E-state index is 0.135. The Kier molecular flexibility index (Phi) is 5.27. The number of rotatable bonds is 4. The van der Waals surface area contributed by atoms with Gasteiger partial charge in [0, 0.05) is 18.3 Å². The van der Waals surface area contributed by atoms with E-state index in [1.165, 1.54) is 6.07 Å². The Morgan fingerprint density at radius 2 is 1.82 bits per heavy atom. The van der Waals surface area contributed by atoms with Crippen LogP contribution in [0.3, 0.4) is 0 Å². The molecule has 0 spiro atoms. The minimum Gasteiger partial charge on any atom is -0.355 e. The van der Waals surface area contributed by atoms with Gasteiger partial charge in [0.2, 0.25) is 5.91 Å². The lowest BCUT2D eigenvalue weighted by atomic mass is 10.1. The van der Waals surface area contributed by atoms with Crippen molar-refractivity contribution in [3.05, 3.63) is 63.9 Å². The summed E-state index contributed by atoms with van der Waals surface area (Å²) in [6.45, 7) is 0. The van der Waals surface area contributed by atoms with Crippen LogP contribution in [0.2, 0.25) is 0 Å². The highest BCUT2D eigenvalue weighted by molar-refractivity contribution is 9.10. The molecule has 4 nitrogen and oxygen atoms in total. The average Bonchev–Trinajstić information content (AvgIpc) is 2.51. The van der Waals surface area contributed by atoms with Crippen molar-refractivity contribution in [2.24, 2.45) is 0 Å². The van der Waals surface area contributed by atoms with Crippen LogP contribution in [0.4, 0.5) is 10.1 Å². The number of carbonyl (C=O) groups is 2. The molecule has 0 atom stereocenters. The minimum atomic E-state index is -0.367. The zero-order valence-corrected chi connectivity index (χ0v) is 13.4. The number of amides is 2. The van der Waals surface area contributed by atoms with E-state index in [2.05, 4.69) is 26.6 Å². The molecule has 0 saturated carbocycles. The Morgan fingerprint density at radius 3 is 2.41 bits per heavy atom. The highest BCUT2D eigenvalue weighted by atomic mass is 79.9. The lowest BCUT2D eigenvalue weighted by molar-refractivity contribution is -0.115. The molecule has 0 saturated heterocycles. The largest absolute Gasteiger partial charge is 0.355 e. The fraction of sp³-hybridized carbons (Fsp3) is 0.125. The van der Waals surface area contributed by atoms with Gasteiger partial charge in [-0.1, -0.05) is 6.07 Å². The van der Waals surface area contributed by atoms with Crippen LogP contribution >= 0.6 is 15.9 Å². The summed E-state index contributed by atoms with van der Waals surface area (Å²) in [5.41, 5.74) is 1.81. The molecule has 2 aromatic rings. The molecule has 0 heterocycles. The third kappa shape index (κ3) is 4.14. The van der Waals surface area contributed by atoms with Crippen molar-refractivity contribution >= 4 is 33.4 Å². The quantitative estimate of drug-likeness (QED) is 0.875. The predicted molar refractivity (Wildman–Crippen MR) is 86.3 cm³/mol. The predicted octanol–water partition coefficient (Wildman–Crippen LogP) is 3.13. The Morgan fingerprint density at radius 1 is 1.14 bits per heavy atom. The van der Waals surface area contributed by atoms with Crippen LogP contribution in [0.25, 0.3) is 0 Å². The van der Waals surface area contributed by atoms with Crippen molar-refractivity contribution in [3.8, 4) is 0 Å². The molecule has 6 heteroatoms. The number of hydrogen-bond acceptors (Lipinski definition) is 2. The number of carbonyl (C=O) groups excluding carboxylic acids is 2. The van der Waals surface area contributed by atoms with Crippen LogP contribution in [0.1, 0.15) is 15.9 Å². The fourth-order valence-corrected chi connectivity index (χ4v) is 2.32. The van der Waals surface area contributed by atoms with Gasteiger partial charge in [0.1, 0.15) is 5.82 Å². The monoisotopic (exact) mass is 364 g/mol. The first kappa shape index (κ1) is 16.2. The normalized spacial score (nSPS) is 10.1. The van der Waals surface area contributed by atoms with Crippen molar-refractivity contribution in [3.63, 3.8) is 0 Å². The maximum atomic E-state index is 13.1. The molecule has 2 rings (SSSR count). The number of halogens is 2. The van der Waals surface area contributed by atoms with Gasteiger partial charge < -0.3 is 10.6 Å². The van der Waals surface area contributed by atoms with Crippen molar-refractivity contribution in [1.82, 2.24) is 5.32 Å². The Hall–Kier alpha value is -2.21. The van der Waals surface area contributed by atoms with Gasteiger partial charge in [-0.2, -0.15) is 0 Å². The number of nitrogens with one attached hydrogen (secondary N) is 2. The van der Waals surface area contributed by atoms with E-state index in [9.17, 15) is 14.0 Å². The zero-order chi connectivity index (χ0) is 16.1. The van der Waals surface area contributed by atoms with Crippen molar-refractivity contribution in [1.29, 1.82) is 0 Å². The summed E-state index contributed by atoms with van der Waals surface area (Å²) in [7, 11) is 1.55. The first-order valence-electron chi connectivity index (χ1n) is 6.55. The summed E-state index contributed by atoms with van der Waals surface area (Å²) < 4.78 is 13.5. The second-order valence-corrected chi connectivity index (χ2v) is 5.48. The van der Waals surface area contributed by atoms with Crippen LogP contribution in [0, 0.1) is 5.82 Å². The number of hydrogen-bond donors (Lipinski definition) is 2. The van der Waals surface area contributed by atoms with E-state index in [0.29, 0.717) is 21.3 Å². The maximum absolute atomic E-state index is 13.1. The smallest absolute Gasteiger partial charge is 0.251 e. The number of anilines is 1. The van der Waals surface area contributed by atoms with Crippen molar-refractivity contribution < 1.29 is 14.0 Å². The molecule has 0 bridgehead atoms. The topological polar surface area (TPSA) is 58.2 Å². The summed E-state index contributed by atoms with van der Waals surface area (Å²) in [4.78, 5) is 23.4. The molecule has 22 heavy (non-hydrogen) atoms. The van der Waals surface area contributed by atoms with E-state index in [1.807, 2.05) is 0 Å². The third-order valence-corrected chi connectivity index (χ3v) is 3.61. The van der Waals surface area contributed by atoms with Gasteiger partial charge >= 0.3 is 0 Å².